The number of rotatable bonds is 2. The molecule has 0 fully saturated rings. The van der Waals surface area contributed by atoms with Gasteiger partial charge in [0.05, 0.1) is 13.0 Å². The van der Waals surface area contributed by atoms with E-state index >= 15 is 0 Å². The summed E-state index contributed by atoms with van der Waals surface area (Å²) in [7, 11) is 3.41. The largest absolute Gasteiger partial charge is 0.479 e. The molecule has 14 heavy (non-hydrogen) atoms. The van der Waals surface area contributed by atoms with Gasteiger partial charge in [0.1, 0.15) is 12.2 Å². The van der Waals surface area contributed by atoms with E-state index in [1.165, 1.54) is 6.33 Å². The average Bonchev–Trinajstić information content (AvgIpc) is 2.55. The second kappa shape index (κ2) is 3.42. The van der Waals surface area contributed by atoms with Crippen LogP contribution < -0.4 is 4.74 Å². The molecule has 2 heterocycles. The van der Waals surface area contributed by atoms with Crippen LogP contribution in [0, 0.1) is 0 Å². The van der Waals surface area contributed by atoms with Gasteiger partial charge in [-0.15, -0.1) is 11.6 Å². The van der Waals surface area contributed by atoms with E-state index < -0.39 is 0 Å². The highest BCUT2D eigenvalue weighted by Crippen LogP contribution is 2.20. The molecule has 0 unspecified atom stereocenters. The highest BCUT2D eigenvalue weighted by molar-refractivity contribution is 6.16. The fraction of sp³-hybridized carbons (Fsp3) is 0.375. The minimum Gasteiger partial charge on any atom is -0.479 e. The van der Waals surface area contributed by atoms with E-state index in [4.69, 9.17) is 16.3 Å². The summed E-state index contributed by atoms with van der Waals surface area (Å²) >= 11 is 5.73. The Morgan fingerprint density at radius 1 is 1.50 bits per heavy atom. The predicted octanol–water partition coefficient (Wildman–Crippen LogP) is 1.11. The Labute approximate surface area is 85.7 Å². The lowest BCUT2D eigenvalue weighted by Crippen LogP contribution is -1.95. The van der Waals surface area contributed by atoms with Crippen molar-refractivity contribution in [3.63, 3.8) is 0 Å². The first-order valence-corrected chi connectivity index (χ1v) is 4.57. The summed E-state index contributed by atoms with van der Waals surface area (Å²) in [5.74, 6) is 1.57. The summed E-state index contributed by atoms with van der Waals surface area (Å²) in [5.41, 5.74) is 1.38. The Hall–Kier alpha value is -1.36. The smallest absolute Gasteiger partial charge is 0.245 e. The Kier molecular flexibility index (Phi) is 2.25. The molecular formula is C8H9ClN4O. The molecule has 0 N–H and O–H groups in total. The van der Waals surface area contributed by atoms with Gasteiger partial charge in [0.2, 0.25) is 5.88 Å². The number of alkyl halides is 1. The first kappa shape index (κ1) is 9.21. The van der Waals surface area contributed by atoms with Gasteiger partial charge in [-0.2, -0.15) is 4.98 Å². The minimum atomic E-state index is 0.343. The van der Waals surface area contributed by atoms with Crippen molar-refractivity contribution in [2.45, 2.75) is 5.88 Å². The molecule has 0 radical (unpaired) electrons. The molecule has 2 aromatic heterocycles. The number of imidazole rings is 1. The van der Waals surface area contributed by atoms with Gasteiger partial charge in [0.25, 0.3) is 0 Å². The summed E-state index contributed by atoms with van der Waals surface area (Å²) < 4.78 is 6.90. The van der Waals surface area contributed by atoms with Crippen molar-refractivity contribution in [2.75, 3.05) is 7.11 Å². The molecule has 0 aliphatic carbocycles. The molecule has 74 valence electrons. The molecule has 0 aliphatic rings. The fourth-order valence-corrected chi connectivity index (χ4v) is 1.53. The third-order valence-electron chi connectivity index (χ3n) is 2.03. The summed E-state index contributed by atoms with van der Waals surface area (Å²) in [6.45, 7) is 0. The van der Waals surface area contributed by atoms with E-state index in [9.17, 15) is 0 Å². The number of fused-ring (bicyclic) bond motifs is 1. The van der Waals surface area contributed by atoms with E-state index in [0.717, 1.165) is 11.5 Å². The quantitative estimate of drug-likeness (QED) is 0.700. The minimum absolute atomic E-state index is 0.343. The van der Waals surface area contributed by atoms with Crippen molar-refractivity contribution in [2.24, 2.45) is 7.05 Å². The van der Waals surface area contributed by atoms with Gasteiger partial charge in [0, 0.05) is 7.05 Å². The van der Waals surface area contributed by atoms with E-state index in [2.05, 4.69) is 15.0 Å². The topological polar surface area (TPSA) is 52.8 Å². The first-order chi connectivity index (χ1) is 6.77. The van der Waals surface area contributed by atoms with Crippen molar-refractivity contribution in [1.29, 1.82) is 0 Å². The number of ether oxygens (including phenoxy) is 1. The molecule has 5 nitrogen and oxygen atoms in total. The lowest BCUT2D eigenvalue weighted by atomic mass is 10.5. The van der Waals surface area contributed by atoms with Crippen LogP contribution in [0.15, 0.2) is 6.33 Å². The van der Waals surface area contributed by atoms with Crippen LogP contribution in [-0.2, 0) is 12.9 Å². The normalized spacial score (nSPS) is 10.8. The Morgan fingerprint density at radius 2 is 2.29 bits per heavy atom. The summed E-state index contributed by atoms with van der Waals surface area (Å²) in [6.07, 6.45) is 1.45. The van der Waals surface area contributed by atoms with Crippen LogP contribution in [0.5, 0.6) is 5.88 Å². The zero-order chi connectivity index (χ0) is 10.1. The van der Waals surface area contributed by atoms with Crippen LogP contribution in [0.3, 0.4) is 0 Å². The summed E-state index contributed by atoms with van der Waals surface area (Å²) in [4.78, 5) is 12.4. The van der Waals surface area contributed by atoms with E-state index in [1.807, 2.05) is 11.6 Å². The molecule has 2 aromatic rings. The van der Waals surface area contributed by atoms with Gasteiger partial charge in [-0.05, 0) is 0 Å². The van der Waals surface area contributed by atoms with Crippen LogP contribution in [0.4, 0.5) is 0 Å². The standard InChI is InChI=1S/C8H9ClN4O/c1-13-5(3-9)12-6-7(13)10-4-11-8(6)14-2/h4H,3H2,1-2H3. The van der Waals surface area contributed by atoms with Crippen LogP contribution >= 0.6 is 11.6 Å². The van der Waals surface area contributed by atoms with Gasteiger partial charge in [-0.1, -0.05) is 0 Å². The van der Waals surface area contributed by atoms with Crippen LogP contribution in [-0.4, -0.2) is 26.6 Å². The van der Waals surface area contributed by atoms with Gasteiger partial charge in [0.15, 0.2) is 11.2 Å². The molecule has 0 saturated carbocycles. The lowest BCUT2D eigenvalue weighted by Gasteiger charge is -1.98. The molecular weight excluding hydrogens is 204 g/mol. The Bertz CT molecular complexity index is 468. The summed E-state index contributed by atoms with van der Waals surface area (Å²) in [5, 5.41) is 0. The monoisotopic (exact) mass is 212 g/mol. The SMILES string of the molecule is COc1ncnc2c1nc(CCl)n2C. The maximum atomic E-state index is 5.73. The molecule has 0 aliphatic heterocycles. The molecule has 2 rings (SSSR count). The number of aromatic nitrogens is 4. The van der Waals surface area contributed by atoms with Crippen LogP contribution in [0.1, 0.15) is 5.82 Å². The van der Waals surface area contributed by atoms with Crippen molar-refractivity contribution in [3.8, 4) is 5.88 Å². The zero-order valence-corrected chi connectivity index (χ0v) is 8.62. The Morgan fingerprint density at radius 3 is 2.93 bits per heavy atom. The zero-order valence-electron chi connectivity index (χ0n) is 7.86. The molecule has 0 saturated heterocycles. The van der Waals surface area contributed by atoms with Gasteiger partial charge in [-0.3, -0.25) is 0 Å². The molecule has 0 bridgehead atoms. The number of aryl methyl sites for hydroxylation is 1. The third kappa shape index (κ3) is 1.21. The van der Waals surface area contributed by atoms with Crippen LogP contribution in [0.25, 0.3) is 11.2 Å². The van der Waals surface area contributed by atoms with E-state index in [0.29, 0.717) is 17.3 Å². The second-order valence-corrected chi connectivity index (χ2v) is 3.04. The Balaban J connectivity index is 2.77. The highest BCUT2D eigenvalue weighted by Gasteiger charge is 2.12. The van der Waals surface area contributed by atoms with Crippen LogP contribution in [0.2, 0.25) is 0 Å². The molecule has 0 amide bonds. The number of nitrogens with zero attached hydrogens (tertiary/aromatic N) is 4. The summed E-state index contributed by atoms with van der Waals surface area (Å²) in [6, 6.07) is 0. The van der Waals surface area contributed by atoms with Crippen molar-refractivity contribution in [1.82, 2.24) is 19.5 Å². The predicted molar refractivity (Wildman–Crippen MR) is 52.4 cm³/mol. The van der Waals surface area contributed by atoms with Gasteiger partial charge >= 0.3 is 0 Å². The first-order valence-electron chi connectivity index (χ1n) is 4.04. The van der Waals surface area contributed by atoms with E-state index in [1.54, 1.807) is 7.11 Å². The number of hydrogen-bond acceptors (Lipinski definition) is 4. The van der Waals surface area contributed by atoms with E-state index in [-0.39, 0.29) is 0 Å². The molecule has 0 atom stereocenters. The maximum Gasteiger partial charge on any atom is 0.245 e. The third-order valence-corrected chi connectivity index (χ3v) is 2.27. The highest BCUT2D eigenvalue weighted by atomic mass is 35.5. The second-order valence-electron chi connectivity index (χ2n) is 2.78. The number of hydrogen-bond donors (Lipinski definition) is 0. The van der Waals surface area contributed by atoms with Crippen molar-refractivity contribution in [3.05, 3.63) is 12.2 Å². The molecule has 6 heteroatoms. The lowest BCUT2D eigenvalue weighted by molar-refractivity contribution is 0.401. The van der Waals surface area contributed by atoms with Gasteiger partial charge in [-0.25, -0.2) is 9.97 Å². The average molecular weight is 213 g/mol. The maximum absolute atomic E-state index is 5.73. The fourth-order valence-electron chi connectivity index (χ4n) is 1.29. The molecule has 0 aromatic carbocycles. The van der Waals surface area contributed by atoms with Gasteiger partial charge < -0.3 is 9.30 Å². The number of halogens is 1. The molecule has 0 spiro atoms. The van der Waals surface area contributed by atoms with Crippen molar-refractivity contribution >= 4 is 22.8 Å². The van der Waals surface area contributed by atoms with Crippen molar-refractivity contribution < 1.29 is 4.74 Å². The number of methoxy groups -OCH3 is 1.